The molecule has 7 heteroatoms. The minimum absolute atomic E-state index is 0.0451. The maximum Gasteiger partial charge on any atom is 0.269 e. The first-order valence-corrected chi connectivity index (χ1v) is 5.84. The molecule has 1 unspecified atom stereocenters. The number of hydrogen-bond donors (Lipinski definition) is 2. The van der Waals surface area contributed by atoms with E-state index in [1.807, 2.05) is 12.3 Å². The van der Waals surface area contributed by atoms with Gasteiger partial charge in [0.25, 0.3) is 5.91 Å². The topological polar surface area (TPSA) is 93.8 Å². The number of carbonyl (C=O) groups excluding carboxylic acids is 1. The van der Waals surface area contributed by atoms with Gasteiger partial charge in [-0.3, -0.25) is 4.79 Å². The Kier molecular flexibility index (Phi) is 3.29. The van der Waals surface area contributed by atoms with E-state index in [0.717, 1.165) is 5.01 Å². The van der Waals surface area contributed by atoms with Gasteiger partial charge in [-0.25, -0.2) is 4.98 Å². The molecule has 0 aromatic carbocycles. The summed E-state index contributed by atoms with van der Waals surface area (Å²) >= 11 is 1.56. The average molecular weight is 249 g/mol. The Hall–Kier alpha value is -2.02. The molecule has 88 valence electrons. The number of primary amides is 1. The number of aromatic nitrogens is 3. The van der Waals surface area contributed by atoms with E-state index in [1.54, 1.807) is 23.6 Å². The van der Waals surface area contributed by atoms with Crippen LogP contribution in [0.1, 0.15) is 28.5 Å². The van der Waals surface area contributed by atoms with E-state index in [4.69, 9.17) is 5.73 Å². The summed E-state index contributed by atoms with van der Waals surface area (Å²) in [6.07, 6.45) is 1.75. The maximum absolute atomic E-state index is 10.8. The van der Waals surface area contributed by atoms with Crippen LogP contribution in [0.3, 0.4) is 0 Å². The molecule has 17 heavy (non-hydrogen) atoms. The third kappa shape index (κ3) is 2.76. The largest absolute Gasteiger partial charge is 0.364 e. The van der Waals surface area contributed by atoms with Gasteiger partial charge in [0.05, 0.1) is 6.04 Å². The number of carbonyl (C=O) groups is 1. The van der Waals surface area contributed by atoms with Gasteiger partial charge in [0.15, 0.2) is 5.69 Å². The molecule has 3 N–H and O–H groups in total. The normalized spacial score (nSPS) is 12.1. The lowest BCUT2D eigenvalue weighted by atomic mass is 10.3. The molecule has 0 aliphatic heterocycles. The lowest BCUT2D eigenvalue weighted by Crippen LogP contribution is -2.15. The van der Waals surface area contributed by atoms with Crippen molar-refractivity contribution in [2.75, 3.05) is 5.32 Å². The van der Waals surface area contributed by atoms with Crippen molar-refractivity contribution >= 4 is 23.1 Å². The van der Waals surface area contributed by atoms with Crippen molar-refractivity contribution in [2.24, 2.45) is 5.73 Å². The van der Waals surface area contributed by atoms with E-state index in [0.29, 0.717) is 5.82 Å². The SMILES string of the molecule is CC(Nc1ccc(C(N)=O)nn1)c1nccs1. The highest BCUT2D eigenvalue weighted by Gasteiger charge is 2.09. The first kappa shape index (κ1) is 11.5. The predicted octanol–water partition coefficient (Wildman–Crippen LogP) is 1.21. The highest BCUT2D eigenvalue weighted by atomic mass is 32.1. The number of anilines is 1. The Bertz CT molecular complexity index is 496. The minimum atomic E-state index is -0.586. The third-order valence-electron chi connectivity index (χ3n) is 2.10. The number of amides is 1. The second-order valence-corrected chi connectivity index (χ2v) is 4.33. The number of thiazole rings is 1. The second kappa shape index (κ2) is 4.88. The first-order valence-electron chi connectivity index (χ1n) is 4.96. The molecule has 2 heterocycles. The summed E-state index contributed by atoms with van der Waals surface area (Å²) in [6.45, 7) is 1.97. The van der Waals surface area contributed by atoms with Crippen molar-refractivity contribution in [3.8, 4) is 0 Å². The van der Waals surface area contributed by atoms with E-state index in [9.17, 15) is 4.79 Å². The van der Waals surface area contributed by atoms with Gasteiger partial charge >= 0.3 is 0 Å². The molecule has 1 amide bonds. The molecule has 2 rings (SSSR count). The van der Waals surface area contributed by atoms with E-state index in [-0.39, 0.29) is 11.7 Å². The fourth-order valence-electron chi connectivity index (χ4n) is 1.27. The van der Waals surface area contributed by atoms with Gasteiger partial charge in [-0.1, -0.05) is 0 Å². The summed E-state index contributed by atoms with van der Waals surface area (Å²) in [6, 6.07) is 3.24. The molecule has 2 aromatic heterocycles. The molecule has 6 nitrogen and oxygen atoms in total. The predicted molar refractivity (Wildman–Crippen MR) is 64.7 cm³/mol. The van der Waals surface area contributed by atoms with Crippen LogP contribution in [-0.2, 0) is 0 Å². The van der Waals surface area contributed by atoms with Crippen LogP contribution in [0.4, 0.5) is 5.82 Å². The monoisotopic (exact) mass is 249 g/mol. The fourth-order valence-corrected chi connectivity index (χ4v) is 1.92. The molecule has 0 aliphatic rings. The minimum Gasteiger partial charge on any atom is -0.364 e. The molecule has 0 saturated heterocycles. The Morgan fingerprint density at radius 3 is 2.82 bits per heavy atom. The lowest BCUT2D eigenvalue weighted by Gasteiger charge is -2.10. The zero-order valence-electron chi connectivity index (χ0n) is 9.12. The highest BCUT2D eigenvalue weighted by molar-refractivity contribution is 7.09. The second-order valence-electron chi connectivity index (χ2n) is 3.40. The van der Waals surface area contributed by atoms with Crippen molar-refractivity contribution in [1.82, 2.24) is 15.2 Å². The van der Waals surface area contributed by atoms with E-state index >= 15 is 0 Å². The van der Waals surface area contributed by atoms with E-state index in [2.05, 4.69) is 20.5 Å². The molecule has 0 bridgehead atoms. The third-order valence-corrected chi connectivity index (χ3v) is 3.06. The van der Waals surface area contributed by atoms with Crippen LogP contribution in [0.5, 0.6) is 0 Å². The van der Waals surface area contributed by atoms with E-state index < -0.39 is 5.91 Å². The maximum atomic E-state index is 10.8. The summed E-state index contributed by atoms with van der Waals surface area (Å²) in [4.78, 5) is 15.0. The van der Waals surface area contributed by atoms with Crippen LogP contribution >= 0.6 is 11.3 Å². The van der Waals surface area contributed by atoms with Crippen molar-refractivity contribution in [1.29, 1.82) is 0 Å². The number of nitrogens with one attached hydrogen (secondary N) is 1. The number of nitrogens with two attached hydrogens (primary N) is 1. The molecular weight excluding hydrogens is 238 g/mol. The average Bonchev–Trinajstić information content (AvgIpc) is 2.83. The van der Waals surface area contributed by atoms with Crippen LogP contribution in [0, 0.1) is 0 Å². The Labute approximate surface area is 102 Å². The van der Waals surface area contributed by atoms with Gasteiger partial charge in [-0.05, 0) is 19.1 Å². The molecule has 0 fully saturated rings. The van der Waals surface area contributed by atoms with Gasteiger partial charge in [0.2, 0.25) is 0 Å². The summed E-state index contributed by atoms with van der Waals surface area (Å²) in [5.41, 5.74) is 5.22. The lowest BCUT2D eigenvalue weighted by molar-refractivity contribution is 0.0994. The van der Waals surface area contributed by atoms with Crippen molar-refractivity contribution < 1.29 is 4.79 Å². The zero-order chi connectivity index (χ0) is 12.3. The van der Waals surface area contributed by atoms with Gasteiger partial charge in [-0.2, -0.15) is 0 Å². The molecule has 0 aliphatic carbocycles. The molecular formula is C10H11N5OS. The van der Waals surface area contributed by atoms with Crippen LogP contribution < -0.4 is 11.1 Å². The molecule has 1 atom stereocenters. The smallest absolute Gasteiger partial charge is 0.269 e. The number of rotatable bonds is 4. The first-order chi connectivity index (χ1) is 8.16. The summed E-state index contributed by atoms with van der Waals surface area (Å²) < 4.78 is 0. The van der Waals surface area contributed by atoms with Gasteiger partial charge in [-0.15, -0.1) is 21.5 Å². The standard InChI is InChI=1S/C10H11N5OS/c1-6(10-12-4-5-17-10)13-8-3-2-7(9(11)16)14-15-8/h2-6H,1H3,(H2,11,16)(H,13,15). The Balaban J connectivity index is 2.06. The van der Waals surface area contributed by atoms with Gasteiger partial charge in [0.1, 0.15) is 10.8 Å². The summed E-state index contributed by atoms with van der Waals surface area (Å²) in [5.74, 6) is -0.00489. The Morgan fingerprint density at radius 2 is 2.29 bits per heavy atom. The molecule has 0 spiro atoms. The van der Waals surface area contributed by atoms with Crippen molar-refractivity contribution in [3.05, 3.63) is 34.4 Å². The molecule has 0 radical (unpaired) electrons. The summed E-state index contributed by atoms with van der Waals surface area (Å²) in [5, 5.41) is 13.6. The number of hydrogen-bond acceptors (Lipinski definition) is 6. The molecule has 2 aromatic rings. The highest BCUT2D eigenvalue weighted by Crippen LogP contribution is 2.18. The van der Waals surface area contributed by atoms with Crippen molar-refractivity contribution in [2.45, 2.75) is 13.0 Å². The number of nitrogens with zero attached hydrogens (tertiary/aromatic N) is 3. The van der Waals surface area contributed by atoms with Gasteiger partial charge < -0.3 is 11.1 Å². The summed E-state index contributed by atoms with van der Waals surface area (Å²) in [7, 11) is 0. The van der Waals surface area contributed by atoms with Crippen molar-refractivity contribution in [3.63, 3.8) is 0 Å². The molecule has 0 saturated carbocycles. The van der Waals surface area contributed by atoms with Gasteiger partial charge in [0, 0.05) is 11.6 Å². The van der Waals surface area contributed by atoms with Crippen LogP contribution in [0.25, 0.3) is 0 Å². The van der Waals surface area contributed by atoms with Crippen LogP contribution in [0.2, 0.25) is 0 Å². The van der Waals surface area contributed by atoms with Crippen LogP contribution in [0.15, 0.2) is 23.7 Å². The quantitative estimate of drug-likeness (QED) is 0.849. The Morgan fingerprint density at radius 1 is 1.47 bits per heavy atom. The van der Waals surface area contributed by atoms with E-state index in [1.165, 1.54) is 6.07 Å². The van der Waals surface area contributed by atoms with Crippen LogP contribution in [-0.4, -0.2) is 21.1 Å². The zero-order valence-corrected chi connectivity index (χ0v) is 9.94. The fraction of sp³-hybridized carbons (Fsp3) is 0.200.